The van der Waals surface area contributed by atoms with Crippen LogP contribution in [0.3, 0.4) is 0 Å². The van der Waals surface area contributed by atoms with Crippen LogP contribution in [0.15, 0.2) is 28.0 Å². The van der Waals surface area contributed by atoms with Crippen LogP contribution in [-0.4, -0.2) is 42.7 Å². The van der Waals surface area contributed by atoms with E-state index in [2.05, 4.69) is 10.0 Å². The Morgan fingerprint density at radius 1 is 1.25 bits per heavy atom. The summed E-state index contributed by atoms with van der Waals surface area (Å²) in [6.07, 6.45) is 0.854. The second kappa shape index (κ2) is 6.17. The molecular formula is C11H17FN2O4S2. The molecule has 1 unspecified atom stereocenters. The van der Waals surface area contributed by atoms with Crippen molar-refractivity contribution in [2.24, 2.45) is 0 Å². The summed E-state index contributed by atoms with van der Waals surface area (Å²) in [5, 5.41) is 2.85. The zero-order valence-electron chi connectivity index (χ0n) is 11.3. The second-order valence-corrected chi connectivity index (χ2v) is 8.16. The molecule has 0 saturated heterocycles. The fraction of sp³-hybridized carbons (Fsp3) is 0.455. The normalized spacial score (nSPS) is 14.2. The Kier molecular flexibility index (Phi) is 5.25. The lowest BCUT2D eigenvalue weighted by Crippen LogP contribution is -2.37. The molecule has 1 atom stereocenters. The average molecular weight is 324 g/mol. The summed E-state index contributed by atoms with van der Waals surface area (Å²) in [5.74, 6) is -1.09. The highest BCUT2D eigenvalue weighted by molar-refractivity contribution is 7.90. The highest BCUT2D eigenvalue weighted by Crippen LogP contribution is 2.18. The number of rotatable bonds is 6. The molecule has 1 aromatic carbocycles. The van der Waals surface area contributed by atoms with Crippen molar-refractivity contribution in [3.05, 3.63) is 24.0 Å². The van der Waals surface area contributed by atoms with Gasteiger partial charge in [0.2, 0.25) is 10.0 Å². The molecule has 114 valence electrons. The van der Waals surface area contributed by atoms with Crippen LogP contribution in [0.5, 0.6) is 0 Å². The number of benzene rings is 1. The van der Waals surface area contributed by atoms with Crippen molar-refractivity contribution in [1.29, 1.82) is 0 Å². The molecule has 0 aliphatic carbocycles. The summed E-state index contributed by atoms with van der Waals surface area (Å²) in [7, 11) is -5.92. The number of halogens is 1. The van der Waals surface area contributed by atoms with Crippen LogP contribution in [-0.2, 0) is 19.9 Å². The Morgan fingerprint density at radius 2 is 1.85 bits per heavy atom. The summed E-state index contributed by atoms with van der Waals surface area (Å²) in [6.45, 7) is 1.91. The van der Waals surface area contributed by atoms with Crippen molar-refractivity contribution in [3.63, 3.8) is 0 Å². The first-order valence-corrected chi connectivity index (χ1v) is 9.12. The van der Waals surface area contributed by atoms with Crippen molar-refractivity contribution < 1.29 is 21.2 Å². The Bertz CT molecular complexity index is 686. The fourth-order valence-corrected chi connectivity index (χ4v) is 3.24. The van der Waals surface area contributed by atoms with Gasteiger partial charge in [-0.25, -0.2) is 25.9 Å². The van der Waals surface area contributed by atoms with Crippen LogP contribution in [0.1, 0.15) is 6.92 Å². The first-order valence-electron chi connectivity index (χ1n) is 5.74. The van der Waals surface area contributed by atoms with Gasteiger partial charge >= 0.3 is 0 Å². The maximum atomic E-state index is 13.7. The van der Waals surface area contributed by atoms with Crippen LogP contribution in [0.2, 0.25) is 0 Å². The molecule has 6 nitrogen and oxygen atoms in total. The lowest BCUT2D eigenvalue weighted by molar-refractivity contribution is 0.548. The van der Waals surface area contributed by atoms with Gasteiger partial charge in [0.25, 0.3) is 0 Å². The van der Waals surface area contributed by atoms with Gasteiger partial charge in [0.05, 0.1) is 4.90 Å². The topological polar surface area (TPSA) is 92.3 Å². The number of nitrogens with one attached hydrogen (secondary N) is 2. The quantitative estimate of drug-likeness (QED) is 0.775. The zero-order chi connectivity index (χ0) is 15.6. The highest BCUT2D eigenvalue weighted by Gasteiger charge is 2.20. The Balaban J connectivity index is 3.07. The molecule has 9 heteroatoms. The molecule has 0 amide bonds. The van der Waals surface area contributed by atoms with Crippen LogP contribution in [0.4, 0.5) is 4.39 Å². The zero-order valence-corrected chi connectivity index (χ0v) is 13.0. The number of hydrogen-bond donors (Lipinski definition) is 2. The lowest BCUT2D eigenvalue weighted by atomic mass is 10.3. The van der Waals surface area contributed by atoms with Gasteiger partial charge in [-0.05, 0) is 32.2 Å². The third-order valence-electron chi connectivity index (χ3n) is 2.69. The average Bonchev–Trinajstić information content (AvgIpc) is 2.34. The predicted molar refractivity (Wildman–Crippen MR) is 73.2 cm³/mol. The maximum Gasteiger partial charge on any atom is 0.240 e. The molecular weight excluding hydrogens is 307 g/mol. The van der Waals surface area contributed by atoms with E-state index in [0.29, 0.717) is 6.07 Å². The van der Waals surface area contributed by atoms with E-state index >= 15 is 0 Å². The van der Waals surface area contributed by atoms with Gasteiger partial charge in [0.1, 0.15) is 10.7 Å². The van der Waals surface area contributed by atoms with E-state index < -0.39 is 30.6 Å². The molecule has 2 N–H and O–H groups in total. The molecule has 0 saturated carbocycles. The summed E-state index contributed by atoms with van der Waals surface area (Å²) in [5.41, 5.74) is 0. The Morgan fingerprint density at radius 3 is 2.30 bits per heavy atom. The van der Waals surface area contributed by atoms with Gasteiger partial charge in [-0.15, -0.1) is 0 Å². The minimum atomic E-state index is -3.88. The molecule has 0 heterocycles. The molecule has 0 bridgehead atoms. The summed E-state index contributed by atoms with van der Waals surface area (Å²) < 4.78 is 62.3. The number of sulfonamides is 1. The highest BCUT2D eigenvalue weighted by atomic mass is 32.2. The number of hydrogen-bond acceptors (Lipinski definition) is 5. The minimum absolute atomic E-state index is 0.0927. The van der Waals surface area contributed by atoms with E-state index in [-0.39, 0.29) is 17.5 Å². The van der Waals surface area contributed by atoms with Gasteiger partial charge < -0.3 is 5.32 Å². The smallest absolute Gasteiger partial charge is 0.240 e. The van der Waals surface area contributed by atoms with Gasteiger partial charge in [0.15, 0.2) is 9.84 Å². The Labute approximate surface area is 118 Å². The summed E-state index contributed by atoms with van der Waals surface area (Å²) in [4.78, 5) is -0.842. The van der Waals surface area contributed by atoms with E-state index in [1.54, 1.807) is 14.0 Å². The van der Waals surface area contributed by atoms with E-state index in [1.807, 2.05) is 0 Å². The van der Waals surface area contributed by atoms with Crippen molar-refractivity contribution in [2.45, 2.75) is 22.8 Å². The predicted octanol–water partition coefficient (Wildman–Crippen LogP) is 0.115. The molecule has 0 aliphatic rings. The van der Waals surface area contributed by atoms with Crippen molar-refractivity contribution >= 4 is 19.9 Å². The second-order valence-electron chi connectivity index (χ2n) is 4.41. The Hall–Kier alpha value is -1.03. The SMILES string of the molecule is CNC(C)CNS(=O)(=O)c1ccc(S(C)(=O)=O)c(F)c1. The standard InChI is InChI=1S/C11H17FN2O4S2/c1-8(13-2)7-14-20(17,18)9-4-5-11(10(12)6-9)19(3,15)16/h4-6,8,13-14H,7H2,1-3H3. The van der Waals surface area contributed by atoms with Crippen molar-refractivity contribution in [1.82, 2.24) is 10.0 Å². The monoisotopic (exact) mass is 324 g/mol. The molecule has 0 radical (unpaired) electrons. The van der Waals surface area contributed by atoms with Gasteiger partial charge in [-0.2, -0.15) is 0 Å². The van der Waals surface area contributed by atoms with Gasteiger partial charge in [-0.3, -0.25) is 0 Å². The third-order valence-corrected chi connectivity index (χ3v) is 5.24. The van der Waals surface area contributed by atoms with Crippen LogP contribution in [0.25, 0.3) is 0 Å². The molecule has 1 aromatic rings. The number of likely N-dealkylation sites (N-methyl/N-ethyl adjacent to an activating group) is 1. The number of sulfone groups is 1. The van der Waals surface area contributed by atoms with E-state index in [1.165, 1.54) is 0 Å². The maximum absolute atomic E-state index is 13.7. The largest absolute Gasteiger partial charge is 0.316 e. The van der Waals surface area contributed by atoms with Crippen LogP contribution < -0.4 is 10.0 Å². The van der Waals surface area contributed by atoms with E-state index in [0.717, 1.165) is 18.4 Å². The van der Waals surface area contributed by atoms with Gasteiger partial charge in [-0.1, -0.05) is 0 Å². The van der Waals surface area contributed by atoms with E-state index in [4.69, 9.17) is 0 Å². The van der Waals surface area contributed by atoms with Crippen LogP contribution >= 0.6 is 0 Å². The molecule has 20 heavy (non-hydrogen) atoms. The molecule has 0 aromatic heterocycles. The minimum Gasteiger partial charge on any atom is -0.316 e. The summed E-state index contributed by atoms with van der Waals surface area (Å²) >= 11 is 0. The molecule has 0 aliphatic heterocycles. The van der Waals surface area contributed by atoms with Crippen LogP contribution in [0, 0.1) is 5.82 Å². The van der Waals surface area contributed by atoms with Gasteiger partial charge in [0, 0.05) is 18.8 Å². The lowest BCUT2D eigenvalue weighted by Gasteiger charge is -2.12. The first-order chi connectivity index (χ1) is 9.08. The fourth-order valence-electron chi connectivity index (χ4n) is 1.37. The molecule has 0 spiro atoms. The molecule has 1 rings (SSSR count). The first kappa shape index (κ1) is 17.0. The molecule has 0 fully saturated rings. The van der Waals surface area contributed by atoms with Crippen molar-refractivity contribution in [3.8, 4) is 0 Å². The summed E-state index contributed by atoms with van der Waals surface area (Å²) in [6, 6.07) is 2.61. The van der Waals surface area contributed by atoms with Crippen molar-refractivity contribution in [2.75, 3.05) is 19.8 Å². The van der Waals surface area contributed by atoms with E-state index in [9.17, 15) is 21.2 Å². The third kappa shape index (κ3) is 4.23.